The van der Waals surface area contributed by atoms with Crippen molar-refractivity contribution in [3.05, 3.63) is 28.8 Å². The normalized spacial score (nSPS) is 20.1. The molecule has 1 N–H and O–H groups in total. The largest absolute Gasteiger partial charge is 0.493 e. The quantitative estimate of drug-likeness (QED) is 0.831. The molecule has 0 amide bonds. The number of benzene rings is 1. The molecular weight excluding hydrogens is 270 g/mol. The van der Waals surface area contributed by atoms with Crippen LogP contribution in [0.1, 0.15) is 50.5 Å². The molecule has 0 aromatic heterocycles. The van der Waals surface area contributed by atoms with Crippen molar-refractivity contribution in [3.8, 4) is 5.75 Å². The molecule has 0 spiro atoms. The number of halogens is 1. The number of rotatable bonds is 6. The Kier molecular flexibility index (Phi) is 4.85. The lowest BCUT2D eigenvalue weighted by Gasteiger charge is -2.22. The SMILES string of the molecule is Clc1ccc(OCC2CCCCC2)c(CNC2CC2)c1. The summed E-state index contributed by atoms with van der Waals surface area (Å²) in [6, 6.07) is 6.70. The minimum atomic E-state index is 0.708. The zero-order valence-electron chi connectivity index (χ0n) is 12.0. The first-order valence-corrected chi connectivity index (χ1v) is 8.33. The highest BCUT2D eigenvalue weighted by molar-refractivity contribution is 6.30. The smallest absolute Gasteiger partial charge is 0.123 e. The van der Waals surface area contributed by atoms with Gasteiger partial charge >= 0.3 is 0 Å². The summed E-state index contributed by atoms with van der Waals surface area (Å²) in [5.74, 6) is 1.75. The molecule has 0 unspecified atom stereocenters. The zero-order chi connectivity index (χ0) is 13.8. The maximum Gasteiger partial charge on any atom is 0.123 e. The maximum absolute atomic E-state index is 6.11. The lowest BCUT2D eigenvalue weighted by Crippen LogP contribution is -2.18. The molecule has 2 aliphatic rings. The Labute approximate surface area is 126 Å². The van der Waals surface area contributed by atoms with Crippen LogP contribution in [0, 0.1) is 5.92 Å². The molecule has 2 saturated carbocycles. The summed E-state index contributed by atoms with van der Waals surface area (Å²) < 4.78 is 6.09. The van der Waals surface area contributed by atoms with Crippen molar-refractivity contribution in [1.82, 2.24) is 5.32 Å². The maximum atomic E-state index is 6.11. The van der Waals surface area contributed by atoms with Crippen molar-refractivity contribution < 1.29 is 4.74 Å². The lowest BCUT2D eigenvalue weighted by molar-refractivity contribution is 0.207. The molecule has 3 heteroatoms. The molecule has 110 valence electrons. The molecule has 20 heavy (non-hydrogen) atoms. The van der Waals surface area contributed by atoms with Gasteiger partial charge in [0.1, 0.15) is 5.75 Å². The van der Waals surface area contributed by atoms with Crippen molar-refractivity contribution in [2.45, 2.75) is 57.5 Å². The molecule has 3 rings (SSSR count). The van der Waals surface area contributed by atoms with E-state index in [-0.39, 0.29) is 0 Å². The minimum absolute atomic E-state index is 0.708. The summed E-state index contributed by atoms with van der Waals surface area (Å²) in [4.78, 5) is 0. The molecule has 0 saturated heterocycles. The van der Waals surface area contributed by atoms with E-state index in [1.165, 1.54) is 50.5 Å². The Balaban J connectivity index is 1.58. The Hall–Kier alpha value is -0.730. The summed E-state index contributed by atoms with van der Waals surface area (Å²) in [5, 5.41) is 4.33. The summed E-state index contributed by atoms with van der Waals surface area (Å²) in [6.07, 6.45) is 9.38. The van der Waals surface area contributed by atoms with Gasteiger partial charge < -0.3 is 10.1 Å². The summed E-state index contributed by atoms with van der Waals surface area (Å²) in [7, 11) is 0. The first kappa shape index (κ1) is 14.2. The average molecular weight is 294 g/mol. The van der Waals surface area contributed by atoms with Crippen LogP contribution in [0.15, 0.2) is 18.2 Å². The fourth-order valence-electron chi connectivity index (χ4n) is 2.93. The highest BCUT2D eigenvalue weighted by Crippen LogP contribution is 2.28. The van der Waals surface area contributed by atoms with Gasteiger partial charge in [-0.1, -0.05) is 30.9 Å². The highest BCUT2D eigenvalue weighted by Gasteiger charge is 2.21. The van der Waals surface area contributed by atoms with Crippen LogP contribution in [-0.2, 0) is 6.54 Å². The van der Waals surface area contributed by atoms with Gasteiger partial charge in [0.2, 0.25) is 0 Å². The van der Waals surface area contributed by atoms with Gasteiger partial charge in [0.25, 0.3) is 0 Å². The van der Waals surface area contributed by atoms with Gasteiger partial charge in [-0.05, 0) is 49.8 Å². The molecule has 0 radical (unpaired) electrons. The van der Waals surface area contributed by atoms with E-state index in [9.17, 15) is 0 Å². The van der Waals surface area contributed by atoms with E-state index in [0.717, 1.165) is 29.8 Å². The molecule has 2 aliphatic carbocycles. The second-order valence-electron chi connectivity index (χ2n) is 6.22. The van der Waals surface area contributed by atoms with E-state index in [1.54, 1.807) is 0 Å². The summed E-state index contributed by atoms with van der Waals surface area (Å²) in [6.45, 7) is 1.73. The Morgan fingerprint density at radius 1 is 1.10 bits per heavy atom. The molecule has 0 heterocycles. The van der Waals surface area contributed by atoms with Gasteiger partial charge in [-0.25, -0.2) is 0 Å². The van der Waals surface area contributed by atoms with E-state index in [2.05, 4.69) is 5.32 Å². The van der Waals surface area contributed by atoms with Gasteiger partial charge in [0.15, 0.2) is 0 Å². The Morgan fingerprint density at radius 3 is 2.65 bits per heavy atom. The van der Waals surface area contributed by atoms with E-state index < -0.39 is 0 Å². The third kappa shape index (κ3) is 4.13. The standard InChI is InChI=1S/C17H24ClNO/c18-15-6-9-17(14(10-15)11-19-16-7-8-16)20-12-13-4-2-1-3-5-13/h6,9-10,13,16,19H,1-5,7-8,11-12H2. The fraction of sp³-hybridized carbons (Fsp3) is 0.647. The van der Waals surface area contributed by atoms with Gasteiger partial charge in [0, 0.05) is 23.2 Å². The summed E-state index contributed by atoms with van der Waals surface area (Å²) in [5.41, 5.74) is 1.19. The number of hydrogen-bond donors (Lipinski definition) is 1. The topological polar surface area (TPSA) is 21.3 Å². The Morgan fingerprint density at radius 2 is 1.90 bits per heavy atom. The van der Waals surface area contributed by atoms with Crippen molar-refractivity contribution >= 4 is 11.6 Å². The van der Waals surface area contributed by atoms with Gasteiger partial charge in [-0.3, -0.25) is 0 Å². The van der Waals surface area contributed by atoms with Crippen LogP contribution in [0.25, 0.3) is 0 Å². The zero-order valence-corrected chi connectivity index (χ0v) is 12.8. The van der Waals surface area contributed by atoms with Crippen molar-refractivity contribution in [2.75, 3.05) is 6.61 Å². The van der Waals surface area contributed by atoms with Crippen LogP contribution < -0.4 is 10.1 Å². The average Bonchev–Trinajstić information content (AvgIpc) is 3.29. The van der Waals surface area contributed by atoms with Crippen LogP contribution >= 0.6 is 11.6 Å². The molecular formula is C17H24ClNO. The van der Waals surface area contributed by atoms with E-state index in [0.29, 0.717) is 6.04 Å². The van der Waals surface area contributed by atoms with Gasteiger partial charge in [0.05, 0.1) is 6.61 Å². The van der Waals surface area contributed by atoms with E-state index in [1.807, 2.05) is 18.2 Å². The predicted octanol–water partition coefficient (Wildman–Crippen LogP) is 4.55. The molecule has 1 aromatic rings. The van der Waals surface area contributed by atoms with Crippen molar-refractivity contribution in [2.24, 2.45) is 5.92 Å². The monoisotopic (exact) mass is 293 g/mol. The van der Waals surface area contributed by atoms with Crippen LogP contribution in [0.4, 0.5) is 0 Å². The molecule has 2 fully saturated rings. The number of ether oxygens (including phenoxy) is 1. The minimum Gasteiger partial charge on any atom is -0.493 e. The first-order valence-electron chi connectivity index (χ1n) is 7.96. The van der Waals surface area contributed by atoms with Gasteiger partial charge in [-0.15, -0.1) is 0 Å². The molecule has 0 aliphatic heterocycles. The number of nitrogens with one attached hydrogen (secondary N) is 1. The lowest BCUT2D eigenvalue weighted by atomic mass is 9.90. The van der Waals surface area contributed by atoms with Crippen LogP contribution in [-0.4, -0.2) is 12.6 Å². The van der Waals surface area contributed by atoms with E-state index >= 15 is 0 Å². The van der Waals surface area contributed by atoms with Crippen LogP contribution in [0.2, 0.25) is 5.02 Å². The van der Waals surface area contributed by atoms with Crippen LogP contribution in [0.5, 0.6) is 5.75 Å². The van der Waals surface area contributed by atoms with E-state index in [4.69, 9.17) is 16.3 Å². The fourth-order valence-corrected chi connectivity index (χ4v) is 3.12. The second-order valence-corrected chi connectivity index (χ2v) is 6.66. The molecule has 2 nitrogen and oxygen atoms in total. The molecule has 0 atom stereocenters. The molecule has 1 aromatic carbocycles. The Bertz CT molecular complexity index is 439. The van der Waals surface area contributed by atoms with Crippen molar-refractivity contribution in [1.29, 1.82) is 0 Å². The third-order valence-electron chi connectivity index (χ3n) is 4.38. The third-order valence-corrected chi connectivity index (χ3v) is 4.62. The van der Waals surface area contributed by atoms with Gasteiger partial charge in [-0.2, -0.15) is 0 Å². The van der Waals surface area contributed by atoms with Crippen molar-refractivity contribution in [3.63, 3.8) is 0 Å². The highest BCUT2D eigenvalue weighted by atomic mass is 35.5. The number of hydrogen-bond acceptors (Lipinski definition) is 2. The molecule has 0 bridgehead atoms. The predicted molar refractivity (Wildman–Crippen MR) is 83.4 cm³/mol. The first-order chi connectivity index (χ1) is 9.81. The summed E-state index contributed by atoms with van der Waals surface area (Å²) >= 11 is 6.11. The van der Waals surface area contributed by atoms with Crippen LogP contribution in [0.3, 0.4) is 0 Å². The second kappa shape index (κ2) is 6.82.